The van der Waals surface area contributed by atoms with Crippen LogP contribution in [0.5, 0.6) is 0 Å². The minimum atomic E-state index is -4.83. The van der Waals surface area contributed by atoms with E-state index >= 15 is 13.2 Å². The first-order chi connectivity index (χ1) is 17.3. The Kier molecular flexibility index (Phi) is 5.65. The molecular weight excluding hydrogens is 465 g/mol. The molecule has 5 nitrogen and oxygen atoms in total. The lowest BCUT2D eigenvalue weighted by atomic mass is 9.80. The molecule has 2 aromatic heterocycles. The number of fused-ring (bicyclic) bond motifs is 2. The number of pyridine rings is 1. The van der Waals surface area contributed by atoms with E-state index in [0.717, 1.165) is 12.8 Å². The Hall–Kier alpha value is -4.35. The van der Waals surface area contributed by atoms with Crippen molar-refractivity contribution in [1.82, 2.24) is 20.1 Å². The van der Waals surface area contributed by atoms with Crippen LogP contribution in [0.2, 0.25) is 0 Å². The van der Waals surface area contributed by atoms with Crippen molar-refractivity contribution in [2.24, 2.45) is 0 Å². The fraction of sp³-hybridized carbons (Fsp3) is 0.143. The normalized spacial score (nSPS) is 14.8. The molecule has 1 aliphatic carbocycles. The van der Waals surface area contributed by atoms with Crippen molar-refractivity contribution in [2.75, 3.05) is 14.2 Å². The lowest BCUT2D eigenvalue weighted by Gasteiger charge is -2.37. The highest BCUT2D eigenvalue weighted by Crippen LogP contribution is 2.51. The van der Waals surface area contributed by atoms with E-state index in [-0.39, 0.29) is 16.7 Å². The van der Waals surface area contributed by atoms with Crippen LogP contribution < -0.4 is 5.32 Å². The number of ether oxygens (including phenoxy) is 1. The van der Waals surface area contributed by atoms with E-state index < -0.39 is 11.8 Å². The third-order valence-corrected chi connectivity index (χ3v) is 6.32. The molecular formula is C28H21F3N4O. The molecule has 0 bridgehead atoms. The summed E-state index contributed by atoms with van der Waals surface area (Å²) in [5, 5.41) is 8.09. The SMILES string of the molecule is C=C(NC)c1cnc2ccccc2c1C(OC)(c1ccc2c(cnn2C2=CC=C=C=C2)c1)C(F)(F)F. The number of hydrogen-bond acceptors (Lipinski definition) is 4. The van der Waals surface area contributed by atoms with Gasteiger partial charge in [-0.05, 0) is 35.9 Å². The van der Waals surface area contributed by atoms with Crippen LogP contribution >= 0.6 is 0 Å². The molecule has 0 radical (unpaired) electrons. The Morgan fingerprint density at radius 1 is 1.11 bits per heavy atom. The third kappa shape index (κ3) is 3.48. The van der Waals surface area contributed by atoms with E-state index in [1.54, 1.807) is 60.3 Å². The van der Waals surface area contributed by atoms with Gasteiger partial charge >= 0.3 is 6.18 Å². The summed E-state index contributed by atoms with van der Waals surface area (Å²) in [4.78, 5) is 4.38. The molecule has 0 aliphatic heterocycles. The smallest absolute Gasteiger partial charge is 0.388 e. The fourth-order valence-corrected chi connectivity index (χ4v) is 4.60. The summed E-state index contributed by atoms with van der Waals surface area (Å²) in [6.45, 7) is 3.93. The van der Waals surface area contributed by atoms with E-state index in [1.165, 1.54) is 24.5 Å². The molecule has 0 saturated heterocycles. The van der Waals surface area contributed by atoms with Crippen molar-refractivity contribution >= 4 is 33.2 Å². The lowest BCUT2D eigenvalue weighted by Crippen LogP contribution is -2.46. The maximum atomic E-state index is 15.3. The zero-order valence-corrected chi connectivity index (χ0v) is 19.5. The average molecular weight is 486 g/mol. The van der Waals surface area contributed by atoms with E-state index in [1.807, 2.05) is 0 Å². The monoisotopic (exact) mass is 486 g/mol. The molecule has 36 heavy (non-hydrogen) atoms. The number of alkyl halides is 3. The van der Waals surface area contributed by atoms with Crippen LogP contribution in [0, 0.1) is 0 Å². The van der Waals surface area contributed by atoms with Crippen LogP contribution in [0.25, 0.3) is 33.2 Å². The van der Waals surface area contributed by atoms with Gasteiger partial charge in [0, 0.05) is 54.0 Å². The van der Waals surface area contributed by atoms with Crippen LogP contribution in [-0.2, 0) is 10.3 Å². The van der Waals surface area contributed by atoms with Gasteiger partial charge in [0.05, 0.1) is 22.9 Å². The van der Waals surface area contributed by atoms with Gasteiger partial charge in [-0.1, -0.05) is 42.3 Å². The van der Waals surface area contributed by atoms with Gasteiger partial charge in [-0.2, -0.15) is 18.3 Å². The highest BCUT2D eigenvalue weighted by molar-refractivity contribution is 5.90. The number of benzene rings is 2. The van der Waals surface area contributed by atoms with Gasteiger partial charge in [0.2, 0.25) is 5.60 Å². The summed E-state index contributed by atoms with van der Waals surface area (Å²) < 4.78 is 52.9. The predicted molar refractivity (Wildman–Crippen MR) is 134 cm³/mol. The summed E-state index contributed by atoms with van der Waals surface area (Å²) in [7, 11) is 2.67. The summed E-state index contributed by atoms with van der Waals surface area (Å²) in [5.74, 6) is 0. The number of methoxy groups -OCH3 is 1. The van der Waals surface area contributed by atoms with Crippen LogP contribution in [0.3, 0.4) is 0 Å². The summed E-state index contributed by atoms with van der Waals surface area (Å²) in [6, 6.07) is 11.2. The molecule has 5 rings (SSSR count). The van der Waals surface area contributed by atoms with Crippen molar-refractivity contribution in [2.45, 2.75) is 11.8 Å². The Labute approximate surface area is 205 Å². The van der Waals surface area contributed by atoms with Crippen molar-refractivity contribution < 1.29 is 17.9 Å². The Morgan fingerprint density at radius 2 is 1.92 bits per heavy atom. The van der Waals surface area contributed by atoms with Gasteiger partial charge in [-0.25, -0.2) is 4.68 Å². The largest absolute Gasteiger partial charge is 0.426 e. The van der Waals surface area contributed by atoms with Crippen molar-refractivity contribution in [3.8, 4) is 0 Å². The van der Waals surface area contributed by atoms with E-state index in [2.05, 4.69) is 33.4 Å². The number of nitrogens with one attached hydrogen (secondary N) is 1. The van der Waals surface area contributed by atoms with E-state index in [9.17, 15) is 0 Å². The number of nitrogens with zero attached hydrogens (tertiary/aromatic N) is 3. The van der Waals surface area contributed by atoms with Gasteiger partial charge in [0.1, 0.15) is 0 Å². The maximum Gasteiger partial charge on any atom is 0.426 e. The second kappa shape index (κ2) is 8.70. The number of rotatable bonds is 6. The summed E-state index contributed by atoms with van der Waals surface area (Å²) in [5.41, 5.74) is 4.99. The number of halogens is 3. The minimum Gasteiger partial charge on any atom is -0.388 e. The first kappa shape index (κ1) is 23.4. The van der Waals surface area contributed by atoms with Gasteiger partial charge < -0.3 is 10.1 Å². The second-order valence-electron chi connectivity index (χ2n) is 8.20. The molecule has 8 heteroatoms. The molecule has 1 aliphatic rings. The van der Waals surface area contributed by atoms with Crippen molar-refractivity contribution in [3.63, 3.8) is 0 Å². The highest BCUT2D eigenvalue weighted by Gasteiger charge is 2.60. The first-order valence-corrected chi connectivity index (χ1v) is 11.1. The number of hydrogen-bond donors (Lipinski definition) is 1. The van der Waals surface area contributed by atoms with E-state index in [4.69, 9.17) is 4.74 Å². The van der Waals surface area contributed by atoms with Crippen molar-refractivity contribution in [3.05, 3.63) is 108 Å². The molecule has 0 amide bonds. The Balaban J connectivity index is 1.82. The maximum absolute atomic E-state index is 15.3. The van der Waals surface area contributed by atoms with Crippen LogP contribution in [0.1, 0.15) is 16.7 Å². The Bertz CT molecular complexity index is 1650. The molecule has 180 valence electrons. The summed E-state index contributed by atoms with van der Waals surface area (Å²) >= 11 is 0. The number of para-hydroxylation sites is 1. The zero-order chi connectivity index (χ0) is 25.5. The standard InChI is InChI=1S/C28H21F3N4O/c1-18(32-2)23-17-33-24-12-8-7-11-22(24)26(23)27(36-3,28(29,30)31)20-13-14-25-19(15-20)16-34-35(25)21-9-5-4-6-10-21/h5,7-17,32H,1H2,2-3H3. The number of allylic oxidation sites excluding steroid dienone is 4. The van der Waals surface area contributed by atoms with Crippen LogP contribution in [-0.4, -0.2) is 35.1 Å². The minimum absolute atomic E-state index is 0.0811. The summed E-state index contributed by atoms with van der Waals surface area (Å²) in [6.07, 6.45) is 3.29. The third-order valence-electron chi connectivity index (χ3n) is 6.32. The molecule has 0 spiro atoms. The molecule has 2 aromatic carbocycles. The average Bonchev–Trinajstić information content (AvgIpc) is 3.32. The molecule has 1 unspecified atom stereocenters. The van der Waals surface area contributed by atoms with Gasteiger partial charge in [0.15, 0.2) is 0 Å². The quantitative estimate of drug-likeness (QED) is 0.343. The fourth-order valence-electron chi connectivity index (χ4n) is 4.60. The molecule has 2 heterocycles. The van der Waals surface area contributed by atoms with E-state index in [0.29, 0.717) is 27.5 Å². The Morgan fingerprint density at radius 3 is 2.61 bits per heavy atom. The highest BCUT2D eigenvalue weighted by atomic mass is 19.4. The predicted octanol–water partition coefficient (Wildman–Crippen LogP) is 5.95. The topological polar surface area (TPSA) is 52.0 Å². The van der Waals surface area contributed by atoms with Gasteiger partial charge in [-0.15, -0.1) is 0 Å². The van der Waals surface area contributed by atoms with Gasteiger partial charge in [-0.3, -0.25) is 4.98 Å². The lowest BCUT2D eigenvalue weighted by molar-refractivity contribution is -0.258. The number of aromatic nitrogens is 3. The first-order valence-electron chi connectivity index (χ1n) is 11.1. The van der Waals surface area contributed by atoms with Crippen LogP contribution in [0.15, 0.2) is 91.1 Å². The molecule has 0 fully saturated rings. The van der Waals surface area contributed by atoms with Crippen LogP contribution in [0.4, 0.5) is 13.2 Å². The molecule has 4 aromatic rings. The zero-order valence-electron chi connectivity index (χ0n) is 19.5. The second-order valence-corrected chi connectivity index (χ2v) is 8.20. The molecule has 0 saturated carbocycles. The van der Waals surface area contributed by atoms with Gasteiger partial charge in [0.25, 0.3) is 0 Å². The molecule has 1 N–H and O–H groups in total. The van der Waals surface area contributed by atoms with Crippen molar-refractivity contribution in [1.29, 1.82) is 0 Å². The molecule has 1 atom stereocenters.